The van der Waals surface area contributed by atoms with Gasteiger partial charge in [0, 0.05) is 0 Å². The summed E-state index contributed by atoms with van der Waals surface area (Å²) in [4.78, 5) is 11.9. The van der Waals surface area contributed by atoms with Gasteiger partial charge in [-0.15, -0.1) is 0 Å². The lowest BCUT2D eigenvalue weighted by molar-refractivity contribution is -0.151. The summed E-state index contributed by atoms with van der Waals surface area (Å²) < 4.78 is 5.37. The van der Waals surface area contributed by atoms with Crippen LogP contribution in [0.3, 0.4) is 0 Å². The summed E-state index contributed by atoms with van der Waals surface area (Å²) in [5.74, 6) is 0.354. The van der Waals surface area contributed by atoms with Crippen molar-refractivity contribution in [1.29, 1.82) is 0 Å². The van der Waals surface area contributed by atoms with Gasteiger partial charge in [-0.2, -0.15) is 0 Å². The summed E-state index contributed by atoms with van der Waals surface area (Å²) in [6.07, 6.45) is 4.17. The third-order valence-electron chi connectivity index (χ3n) is 3.50. The Labute approximate surface area is 103 Å². The van der Waals surface area contributed by atoms with Crippen LogP contribution in [0.2, 0.25) is 0 Å². The molecule has 1 radical (unpaired) electrons. The SMILES string of the molecule is CC[CH]C1CC1(C)C(=O)OCc1ccccc1. The molecule has 0 spiro atoms. The molecule has 91 valence electrons. The summed E-state index contributed by atoms with van der Waals surface area (Å²) >= 11 is 0. The summed E-state index contributed by atoms with van der Waals surface area (Å²) in [7, 11) is 0. The second-order valence-corrected chi connectivity index (χ2v) is 4.93. The first-order valence-corrected chi connectivity index (χ1v) is 6.21. The highest BCUT2D eigenvalue weighted by Crippen LogP contribution is 2.55. The van der Waals surface area contributed by atoms with E-state index < -0.39 is 0 Å². The molecule has 2 atom stereocenters. The summed E-state index contributed by atoms with van der Waals surface area (Å²) in [5.41, 5.74) is 0.784. The van der Waals surface area contributed by atoms with Gasteiger partial charge in [0.25, 0.3) is 0 Å². The molecule has 2 rings (SSSR count). The molecule has 1 saturated carbocycles. The molecule has 2 heteroatoms. The summed E-state index contributed by atoms with van der Waals surface area (Å²) in [5, 5.41) is 0. The largest absolute Gasteiger partial charge is 0.460 e. The molecule has 0 N–H and O–H groups in total. The smallest absolute Gasteiger partial charge is 0.312 e. The van der Waals surface area contributed by atoms with E-state index in [4.69, 9.17) is 4.74 Å². The number of carbonyl (C=O) groups excluding carboxylic acids is 1. The maximum atomic E-state index is 11.9. The Kier molecular flexibility index (Phi) is 3.51. The van der Waals surface area contributed by atoms with Crippen LogP contribution in [0.4, 0.5) is 0 Å². The van der Waals surface area contributed by atoms with Gasteiger partial charge in [-0.1, -0.05) is 43.7 Å². The average molecular weight is 231 g/mol. The van der Waals surface area contributed by atoms with E-state index in [1.165, 1.54) is 0 Å². The fourth-order valence-electron chi connectivity index (χ4n) is 2.15. The Balaban J connectivity index is 1.83. The van der Waals surface area contributed by atoms with E-state index >= 15 is 0 Å². The molecule has 2 unspecified atom stereocenters. The minimum Gasteiger partial charge on any atom is -0.460 e. The quantitative estimate of drug-likeness (QED) is 0.726. The molecule has 17 heavy (non-hydrogen) atoms. The van der Waals surface area contributed by atoms with Gasteiger partial charge in [0.2, 0.25) is 0 Å². The highest BCUT2D eigenvalue weighted by Gasteiger charge is 2.56. The molecule has 1 aliphatic rings. The van der Waals surface area contributed by atoms with Crippen molar-refractivity contribution >= 4 is 5.97 Å². The number of hydrogen-bond acceptors (Lipinski definition) is 2. The van der Waals surface area contributed by atoms with E-state index in [0.717, 1.165) is 18.4 Å². The van der Waals surface area contributed by atoms with Crippen LogP contribution in [-0.2, 0) is 16.1 Å². The summed E-state index contributed by atoms with van der Waals surface area (Å²) in [6.45, 7) is 4.49. The lowest BCUT2D eigenvalue weighted by atomic mass is 10.0. The predicted molar refractivity (Wildman–Crippen MR) is 67.0 cm³/mol. The zero-order valence-corrected chi connectivity index (χ0v) is 10.5. The van der Waals surface area contributed by atoms with Gasteiger partial charge in [-0.25, -0.2) is 0 Å². The Bertz CT molecular complexity index is 385. The van der Waals surface area contributed by atoms with Crippen molar-refractivity contribution in [1.82, 2.24) is 0 Å². The Morgan fingerprint density at radius 2 is 2.18 bits per heavy atom. The molecule has 0 aliphatic heterocycles. The first kappa shape index (κ1) is 12.2. The van der Waals surface area contributed by atoms with Crippen LogP contribution < -0.4 is 0 Å². The molecule has 0 amide bonds. The molecule has 0 bridgehead atoms. The zero-order valence-electron chi connectivity index (χ0n) is 10.5. The standard InChI is InChI=1S/C15H19O2/c1-3-7-13-10-15(13,2)14(16)17-11-12-8-5-4-6-9-12/h4-9,13H,3,10-11H2,1-2H3. The van der Waals surface area contributed by atoms with E-state index in [-0.39, 0.29) is 11.4 Å². The van der Waals surface area contributed by atoms with E-state index in [0.29, 0.717) is 12.5 Å². The molecular weight excluding hydrogens is 212 g/mol. The van der Waals surface area contributed by atoms with Crippen LogP contribution in [0.25, 0.3) is 0 Å². The first-order valence-electron chi connectivity index (χ1n) is 6.21. The van der Waals surface area contributed by atoms with E-state index in [1.807, 2.05) is 37.3 Å². The Hall–Kier alpha value is -1.31. The van der Waals surface area contributed by atoms with Gasteiger partial charge in [0.15, 0.2) is 0 Å². The van der Waals surface area contributed by atoms with Crippen molar-refractivity contribution in [2.45, 2.75) is 33.3 Å². The third kappa shape index (κ3) is 2.68. The van der Waals surface area contributed by atoms with Crippen molar-refractivity contribution < 1.29 is 9.53 Å². The monoisotopic (exact) mass is 231 g/mol. The second-order valence-electron chi connectivity index (χ2n) is 4.93. The van der Waals surface area contributed by atoms with Gasteiger partial charge >= 0.3 is 5.97 Å². The molecule has 2 nitrogen and oxygen atoms in total. The normalized spacial score (nSPS) is 26.6. The van der Waals surface area contributed by atoms with Crippen molar-refractivity contribution in [2.24, 2.45) is 11.3 Å². The average Bonchev–Trinajstić information content (AvgIpc) is 3.00. The Morgan fingerprint density at radius 3 is 2.82 bits per heavy atom. The van der Waals surface area contributed by atoms with Gasteiger partial charge in [-0.3, -0.25) is 4.79 Å². The maximum absolute atomic E-state index is 11.9. The number of carbonyl (C=O) groups is 1. The van der Waals surface area contributed by atoms with Crippen LogP contribution in [0.15, 0.2) is 30.3 Å². The molecule has 1 aromatic carbocycles. The summed E-state index contributed by atoms with van der Waals surface area (Å²) in [6, 6.07) is 9.81. The van der Waals surface area contributed by atoms with Crippen LogP contribution in [0, 0.1) is 17.8 Å². The van der Waals surface area contributed by atoms with E-state index in [9.17, 15) is 4.79 Å². The Morgan fingerprint density at radius 1 is 1.47 bits per heavy atom. The van der Waals surface area contributed by atoms with Gasteiger partial charge in [0.1, 0.15) is 6.61 Å². The highest BCUT2D eigenvalue weighted by molar-refractivity contribution is 5.80. The number of hydrogen-bond donors (Lipinski definition) is 0. The molecule has 0 aromatic heterocycles. The van der Waals surface area contributed by atoms with Crippen molar-refractivity contribution in [2.75, 3.05) is 0 Å². The zero-order chi connectivity index (χ0) is 12.3. The van der Waals surface area contributed by atoms with Crippen molar-refractivity contribution in [3.8, 4) is 0 Å². The molecule has 0 saturated heterocycles. The topological polar surface area (TPSA) is 26.3 Å². The highest BCUT2D eigenvalue weighted by atomic mass is 16.5. The van der Waals surface area contributed by atoms with Crippen LogP contribution in [0.1, 0.15) is 32.3 Å². The van der Waals surface area contributed by atoms with Crippen LogP contribution >= 0.6 is 0 Å². The maximum Gasteiger partial charge on any atom is 0.312 e. The number of rotatable bonds is 5. The minimum absolute atomic E-state index is 0.0592. The molecule has 0 heterocycles. The van der Waals surface area contributed by atoms with Crippen molar-refractivity contribution in [3.05, 3.63) is 42.3 Å². The molecular formula is C15H19O2. The first-order chi connectivity index (χ1) is 8.16. The molecule has 1 aromatic rings. The van der Waals surface area contributed by atoms with Gasteiger partial charge in [-0.05, 0) is 31.2 Å². The second kappa shape index (κ2) is 4.91. The fourth-order valence-corrected chi connectivity index (χ4v) is 2.15. The van der Waals surface area contributed by atoms with E-state index in [2.05, 4.69) is 13.3 Å². The third-order valence-corrected chi connectivity index (χ3v) is 3.50. The number of ether oxygens (including phenoxy) is 1. The lowest BCUT2D eigenvalue weighted by Gasteiger charge is -2.11. The number of esters is 1. The number of benzene rings is 1. The van der Waals surface area contributed by atoms with Crippen molar-refractivity contribution in [3.63, 3.8) is 0 Å². The van der Waals surface area contributed by atoms with E-state index in [1.54, 1.807) is 0 Å². The predicted octanol–water partition coefficient (Wildman–Crippen LogP) is 3.37. The van der Waals surface area contributed by atoms with Gasteiger partial charge < -0.3 is 4.74 Å². The minimum atomic E-state index is -0.259. The molecule has 1 aliphatic carbocycles. The van der Waals surface area contributed by atoms with Crippen LogP contribution in [-0.4, -0.2) is 5.97 Å². The fraction of sp³-hybridized carbons (Fsp3) is 0.467. The van der Waals surface area contributed by atoms with Gasteiger partial charge in [0.05, 0.1) is 5.41 Å². The lowest BCUT2D eigenvalue weighted by Crippen LogP contribution is -2.18. The van der Waals surface area contributed by atoms with Crippen LogP contribution in [0.5, 0.6) is 0 Å². The molecule has 1 fully saturated rings.